The fraction of sp³-hybridized carbons (Fsp3) is 0.267. The van der Waals surface area contributed by atoms with Crippen molar-refractivity contribution in [2.75, 3.05) is 16.0 Å². The largest absolute Gasteiger partial charge is 0.326 e. The highest BCUT2D eigenvalue weighted by Crippen LogP contribution is 2.41. The summed E-state index contributed by atoms with van der Waals surface area (Å²) in [6, 6.07) is 9.40. The highest BCUT2D eigenvalue weighted by Gasteiger charge is 2.35. The molecule has 114 valence electrons. The molecule has 1 aromatic heterocycles. The third kappa shape index (κ3) is 2.85. The number of nitrogens with zero attached hydrogens (tertiary/aromatic N) is 2. The van der Waals surface area contributed by atoms with E-state index >= 15 is 0 Å². The average Bonchev–Trinajstić information content (AvgIpc) is 3.05. The van der Waals surface area contributed by atoms with Gasteiger partial charge in [0.05, 0.1) is 5.75 Å². The lowest BCUT2D eigenvalue weighted by Crippen LogP contribution is -2.28. The summed E-state index contributed by atoms with van der Waals surface area (Å²) in [4.78, 5) is 24.9. The predicted molar refractivity (Wildman–Crippen MR) is 86.8 cm³/mol. The van der Waals surface area contributed by atoms with Crippen LogP contribution in [-0.2, 0) is 9.59 Å². The quantitative estimate of drug-likeness (QED) is 0.912. The van der Waals surface area contributed by atoms with Crippen molar-refractivity contribution in [1.29, 1.82) is 0 Å². The Hall–Kier alpha value is -2.28. The third-order valence-electron chi connectivity index (χ3n) is 3.32. The number of rotatable bonds is 3. The monoisotopic (exact) mass is 316 g/mol. The van der Waals surface area contributed by atoms with Crippen LogP contribution in [0.5, 0.6) is 0 Å². The van der Waals surface area contributed by atoms with Gasteiger partial charge in [-0.3, -0.25) is 19.6 Å². The molecular weight excluding hydrogens is 300 g/mol. The minimum absolute atomic E-state index is 0.0486. The molecule has 2 heterocycles. The predicted octanol–water partition coefficient (Wildman–Crippen LogP) is 2.46. The van der Waals surface area contributed by atoms with Gasteiger partial charge in [0.25, 0.3) is 0 Å². The van der Waals surface area contributed by atoms with Gasteiger partial charge < -0.3 is 5.32 Å². The first kappa shape index (κ1) is 14.6. The third-order valence-corrected chi connectivity index (χ3v) is 4.54. The average molecular weight is 316 g/mol. The normalized spacial score (nSPS) is 17.8. The van der Waals surface area contributed by atoms with Gasteiger partial charge in [0.15, 0.2) is 5.82 Å². The van der Waals surface area contributed by atoms with Gasteiger partial charge in [0.1, 0.15) is 5.37 Å². The molecule has 1 aromatic carbocycles. The molecule has 3 rings (SSSR count). The van der Waals surface area contributed by atoms with Gasteiger partial charge in [-0.1, -0.05) is 12.1 Å². The summed E-state index contributed by atoms with van der Waals surface area (Å²) < 4.78 is 0. The van der Waals surface area contributed by atoms with Crippen LogP contribution >= 0.6 is 11.8 Å². The molecule has 2 aromatic rings. The minimum Gasteiger partial charge on any atom is -0.326 e. The SMILES string of the molecule is CC(=O)Nc1ccc(C2SCC(=O)N2c2cc(C)[nH]n2)cc1. The molecule has 0 bridgehead atoms. The number of H-pyrrole nitrogens is 1. The fourth-order valence-electron chi connectivity index (χ4n) is 2.38. The van der Waals surface area contributed by atoms with E-state index in [4.69, 9.17) is 0 Å². The summed E-state index contributed by atoms with van der Waals surface area (Å²) in [5.41, 5.74) is 2.66. The highest BCUT2D eigenvalue weighted by atomic mass is 32.2. The number of aryl methyl sites for hydroxylation is 1. The van der Waals surface area contributed by atoms with Crippen LogP contribution in [0.25, 0.3) is 0 Å². The van der Waals surface area contributed by atoms with Crippen LogP contribution in [0.15, 0.2) is 30.3 Å². The number of aromatic nitrogens is 2. The maximum atomic E-state index is 12.2. The summed E-state index contributed by atoms with van der Waals surface area (Å²) in [5.74, 6) is 1.02. The highest BCUT2D eigenvalue weighted by molar-refractivity contribution is 8.00. The Kier molecular flexibility index (Phi) is 3.89. The Labute approximate surface area is 132 Å². The van der Waals surface area contributed by atoms with E-state index in [0.717, 1.165) is 16.9 Å². The zero-order chi connectivity index (χ0) is 15.7. The number of aromatic amines is 1. The van der Waals surface area contributed by atoms with Gasteiger partial charge in [0, 0.05) is 24.4 Å². The second kappa shape index (κ2) is 5.84. The molecule has 1 fully saturated rings. The van der Waals surface area contributed by atoms with E-state index < -0.39 is 0 Å². The number of hydrogen-bond donors (Lipinski definition) is 2. The first-order valence-electron chi connectivity index (χ1n) is 6.88. The smallest absolute Gasteiger partial charge is 0.239 e. The topological polar surface area (TPSA) is 78.1 Å². The number of carbonyl (C=O) groups is 2. The first-order chi connectivity index (χ1) is 10.5. The number of thioether (sulfide) groups is 1. The van der Waals surface area contributed by atoms with Gasteiger partial charge in [-0.25, -0.2) is 0 Å². The van der Waals surface area contributed by atoms with Crippen molar-refractivity contribution in [2.24, 2.45) is 0 Å². The minimum atomic E-state index is -0.105. The Morgan fingerprint density at radius 1 is 1.41 bits per heavy atom. The van der Waals surface area contributed by atoms with Gasteiger partial charge in [0.2, 0.25) is 11.8 Å². The molecule has 0 saturated carbocycles. The van der Waals surface area contributed by atoms with E-state index in [2.05, 4.69) is 15.5 Å². The van der Waals surface area contributed by atoms with Crippen LogP contribution in [0, 0.1) is 6.92 Å². The molecular formula is C15H16N4O2S. The lowest BCUT2D eigenvalue weighted by atomic mass is 10.2. The lowest BCUT2D eigenvalue weighted by molar-refractivity contribution is -0.116. The van der Waals surface area contributed by atoms with Gasteiger partial charge >= 0.3 is 0 Å². The Morgan fingerprint density at radius 2 is 2.14 bits per heavy atom. The molecule has 2 amide bonds. The summed E-state index contributed by atoms with van der Waals surface area (Å²) in [6.45, 7) is 3.38. The summed E-state index contributed by atoms with van der Waals surface area (Å²) >= 11 is 1.57. The van der Waals surface area contributed by atoms with Crippen LogP contribution < -0.4 is 10.2 Å². The standard InChI is InChI=1S/C15H16N4O2S/c1-9-7-13(18-17-9)19-14(21)8-22-15(19)11-3-5-12(6-4-11)16-10(2)20/h3-7,15H,8H2,1-2H3,(H,16,20)(H,17,18). The van der Waals surface area contributed by atoms with Crippen LogP contribution in [0.3, 0.4) is 0 Å². The number of nitrogens with one attached hydrogen (secondary N) is 2. The molecule has 1 aliphatic rings. The van der Waals surface area contributed by atoms with E-state index in [9.17, 15) is 9.59 Å². The Bertz CT molecular complexity index is 711. The van der Waals surface area contributed by atoms with Crippen molar-refractivity contribution in [3.8, 4) is 0 Å². The molecule has 0 spiro atoms. The Morgan fingerprint density at radius 3 is 2.73 bits per heavy atom. The Balaban J connectivity index is 1.86. The van der Waals surface area contributed by atoms with Crippen molar-refractivity contribution in [3.63, 3.8) is 0 Å². The van der Waals surface area contributed by atoms with Crippen molar-refractivity contribution in [1.82, 2.24) is 10.2 Å². The molecule has 1 unspecified atom stereocenters. The van der Waals surface area contributed by atoms with Crippen LogP contribution in [0.4, 0.5) is 11.5 Å². The number of hydrogen-bond acceptors (Lipinski definition) is 4. The molecule has 0 aliphatic carbocycles. The maximum Gasteiger partial charge on any atom is 0.239 e. The van der Waals surface area contributed by atoms with Gasteiger partial charge in [-0.05, 0) is 24.6 Å². The van der Waals surface area contributed by atoms with Crippen molar-refractivity contribution in [3.05, 3.63) is 41.6 Å². The van der Waals surface area contributed by atoms with Crippen LogP contribution in [-0.4, -0.2) is 27.8 Å². The summed E-state index contributed by atoms with van der Waals surface area (Å²) in [7, 11) is 0. The van der Waals surface area contributed by atoms with Crippen LogP contribution in [0.1, 0.15) is 23.6 Å². The maximum absolute atomic E-state index is 12.2. The summed E-state index contributed by atoms with van der Waals surface area (Å²) in [6.07, 6.45) is 0. The van der Waals surface area contributed by atoms with Crippen LogP contribution in [0.2, 0.25) is 0 Å². The van der Waals surface area contributed by atoms with E-state index in [1.165, 1.54) is 6.92 Å². The number of benzene rings is 1. The summed E-state index contributed by atoms with van der Waals surface area (Å²) in [5, 5.41) is 9.70. The number of carbonyl (C=O) groups excluding carboxylic acids is 2. The zero-order valence-corrected chi connectivity index (χ0v) is 13.1. The van der Waals surface area contributed by atoms with E-state index in [0.29, 0.717) is 11.6 Å². The van der Waals surface area contributed by atoms with Crippen molar-refractivity contribution in [2.45, 2.75) is 19.2 Å². The second-order valence-electron chi connectivity index (χ2n) is 5.14. The van der Waals surface area contributed by atoms with Crippen molar-refractivity contribution >= 4 is 35.1 Å². The fourth-order valence-corrected chi connectivity index (χ4v) is 3.54. The number of anilines is 2. The lowest BCUT2D eigenvalue weighted by Gasteiger charge is -2.22. The molecule has 22 heavy (non-hydrogen) atoms. The second-order valence-corrected chi connectivity index (χ2v) is 6.21. The molecule has 1 saturated heterocycles. The molecule has 6 nitrogen and oxygen atoms in total. The van der Waals surface area contributed by atoms with Gasteiger partial charge in [-0.15, -0.1) is 11.8 Å². The molecule has 2 N–H and O–H groups in total. The van der Waals surface area contributed by atoms with E-state index in [-0.39, 0.29) is 17.2 Å². The van der Waals surface area contributed by atoms with Gasteiger partial charge in [-0.2, -0.15) is 5.10 Å². The van der Waals surface area contributed by atoms with E-state index in [1.54, 1.807) is 16.7 Å². The number of amides is 2. The molecule has 0 radical (unpaired) electrons. The zero-order valence-electron chi connectivity index (χ0n) is 12.3. The van der Waals surface area contributed by atoms with Crippen molar-refractivity contribution < 1.29 is 9.59 Å². The first-order valence-corrected chi connectivity index (χ1v) is 7.92. The molecule has 7 heteroatoms. The molecule has 1 aliphatic heterocycles. The van der Waals surface area contributed by atoms with E-state index in [1.807, 2.05) is 37.3 Å². The molecule has 1 atom stereocenters.